The molecule has 0 saturated carbocycles. The highest BCUT2D eigenvalue weighted by Crippen LogP contribution is 2.32. The van der Waals surface area contributed by atoms with Crippen LogP contribution in [-0.4, -0.2) is 55.9 Å². The Bertz CT molecular complexity index is 996. The number of rotatable bonds is 7. The number of fused-ring (bicyclic) bond motifs is 2. The molecule has 156 valence electrons. The van der Waals surface area contributed by atoms with Gasteiger partial charge >= 0.3 is 0 Å². The second-order valence-electron chi connectivity index (χ2n) is 7.90. The Morgan fingerprint density at radius 1 is 0.933 bits per heavy atom. The highest BCUT2D eigenvalue weighted by atomic mass is 16.7. The van der Waals surface area contributed by atoms with Crippen molar-refractivity contribution in [1.29, 1.82) is 0 Å². The zero-order valence-electron chi connectivity index (χ0n) is 17.2. The summed E-state index contributed by atoms with van der Waals surface area (Å²) >= 11 is 0. The van der Waals surface area contributed by atoms with E-state index in [9.17, 15) is 0 Å². The molecule has 1 fully saturated rings. The molecule has 5 rings (SSSR count). The average Bonchev–Trinajstić information content (AvgIpc) is 3.27. The fraction of sp³-hybridized carbons (Fsp3) is 0.375. The van der Waals surface area contributed by atoms with Gasteiger partial charge in [0.1, 0.15) is 5.82 Å². The van der Waals surface area contributed by atoms with E-state index in [4.69, 9.17) is 9.47 Å². The van der Waals surface area contributed by atoms with Gasteiger partial charge in [0.15, 0.2) is 11.5 Å². The maximum atomic E-state index is 5.45. The average molecular weight is 405 g/mol. The van der Waals surface area contributed by atoms with Crippen molar-refractivity contribution in [2.75, 3.05) is 51.0 Å². The molecule has 6 heteroatoms. The lowest BCUT2D eigenvalue weighted by molar-refractivity contribution is 0.174. The van der Waals surface area contributed by atoms with Crippen LogP contribution in [0.3, 0.4) is 0 Å². The molecular weight excluding hydrogens is 376 g/mol. The van der Waals surface area contributed by atoms with Crippen molar-refractivity contribution >= 4 is 16.6 Å². The molecular formula is C24H28N4O2. The van der Waals surface area contributed by atoms with Crippen LogP contribution in [0.15, 0.2) is 54.7 Å². The van der Waals surface area contributed by atoms with E-state index in [1.807, 2.05) is 12.3 Å². The summed E-state index contributed by atoms with van der Waals surface area (Å²) in [6.45, 7) is 7.58. The van der Waals surface area contributed by atoms with Gasteiger partial charge in [0.05, 0.1) is 0 Å². The van der Waals surface area contributed by atoms with Gasteiger partial charge in [-0.15, -0.1) is 0 Å². The molecule has 1 aromatic heterocycles. The van der Waals surface area contributed by atoms with E-state index in [1.165, 1.54) is 16.3 Å². The van der Waals surface area contributed by atoms with Crippen LogP contribution in [0.5, 0.6) is 11.5 Å². The Balaban J connectivity index is 1.05. The smallest absolute Gasteiger partial charge is 0.231 e. The minimum Gasteiger partial charge on any atom is -0.454 e. The third kappa shape index (κ3) is 4.20. The van der Waals surface area contributed by atoms with Crippen molar-refractivity contribution in [3.63, 3.8) is 0 Å². The zero-order chi connectivity index (χ0) is 20.2. The van der Waals surface area contributed by atoms with E-state index in [-0.39, 0.29) is 0 Å². The molecule has 1 N–H and O–H groups in total. The van der Waals surface area contributed by atoms with Gasteiger partial charge in [0.25, 0.3) is 0 Å². The summed E-state index contributed by atoms with van der Waals surface area (Å²) in [5.41, 5.74) is 1.23. The minimum absolute atomic E-state index is 0.329. The van der Waals surface area contributed by atoms with Gasteiger partial charge in [0, 0.05) is 44.3 Å². The third-order valence-electron chi connectivity index (χ3n) is 5.92. The number of ether oxygens (including phenoxy) is 2. The number of aromatic nitrogens is 1. The lowest BCUT2D eigenvalue weighted by atomic mass is 10.1. The second kappa shape index (κ2) is 8.90. The molecule has 0 spiro atoms. The van der Waals surface area contributed by atoms with Gasteiger partial charge in [-0.3, -0.25) is 4.90 Å². The van der Waals surface area contributed by atoms with Crippen molar-refractivity contribution in [2.24, 2.45) is 0 Å². The van der Waals surface area contributed by atoms with E-state index in [0.717, 1.165) is 69.6 Å². The molecule has 0 unspecified atom stereocenters. The van der Waals surface area contributed by atoms with Gasteiger partial charge in [-0.1, -0.05) is 30.3 Å². The highest BCUT2D eigenvalue weighted by molar-refractivity contribution is 5.92. The number of nitrogens with one attached hydrogen (secondary N) is 1. The van der Waals surface area contributed by atoms with Crippen LogP contribution >= 0.6 is 0 Å². The van der Waals surface area contributed by atoms with E-state index in [0.29, 0.717) is 6.79 Å². The Morgan fingerprint density at radius 3 is 2.73 bits per heavy atom. The maximum absolute atomic E-state index is 5.45. The first-order valence-electron chi connectivity index (χ1n) is 10.8. The van der Waals surface area contributed by atoms with Gasteiger partial charge in [-0.2, -0.15) is 0 Å². The van der Waals surface area contributed by atoms with Crippen molar-refractivity contribution in [2.45, 2.75) is 13.0 Å². The third-order valence-corrected chi connectivity index (χ3v) is 5.92. The summed E-state index contributed by atoms with van der Waals surface area (Å²) in [5.74, 6) is 2.82. The van der Waals surface area contributed by atoms with Crippen LogP contribution in [0.25, 0.3) is 10.8 Å². The molecule has 0 amide bonds. The topological polar surface area (TPSA) is 49.9 Å². The second-order valence-corrected chi connectivity index (χ2v) is 7.90. The molecule has 1 saturated heterocycles. The van der Waals surface area contributed by atoms with Crippen LogP contribution < -0.4 is 19.7 Å². The fourth-order valence-electron chi connectivity index (χ4n) is 4.25. The first-order valence-corrected chi connectivity index (χ1v) is 10.8. The molecule has 6 nitrogen and oxygen atoms in total. The van der Waals surface area contributed by atoms with Crippen LogP contribution in [0.1, 0.15) is 12.0 Å². The standard InChI is InChI=1S/C24H28N4O2/c1-2-5-21-20(4-1)8-10-26-24(21)28-14-12-27(13-15-28)11-3-9-25-17-19-6-7-22-23(16-19)30-18-29-22/h1-2,4-8,10,16,25H,3,9,11-15,17-18H2. The van der Waals surface area contributed by atoms with Crippen LogP contribution in [0.4, 0.5) is 5.82 Å². The Hall–Kier alpha value is -2.83. The number of hydrogen-bond donors (Lipinski definition) is 1. The first-order chi connectivity index (χ1) is 14.9. The van der Waals surface area contributed by atoms with E-state index in [2.05, 4.69) is 62.6 Å². The number of benzene rings is 2. The molecule has 2 aromatic carbocycles. The molecule has 0 bridgehead atoms. The summed E-state index contributed by atoms with van der Waals surface area (Å²) in [7, 11) is 0. The molecule has 3 heterocycles. The molecule has 2 aliphatic rings. The number of pyridine rings is 1. The number of piperazine rings is 1. The molecule has 0 atom stereocenters. The number of nitrogens with zero attached hydrogens (tertiary/aromatic N) is 3. The summed E-state index contributed by atoms with van der Waals surface area (Å²) in [6, 6.07) is 16.8. The lowest BCUT2D eigenvalue weighted by Gasteiger charge is -2.35. The fourth-order valence-corrected chi connectivity index (χ4v) is 4.25. The Labute approximate surface area is 177 Å². The predicted octanol–water partition coefficient (Wildman–Crippen LogP) is 3.27. The first kappa shape index (κ1) is 19.2. The van der Waals surface area contributed by atoms with E-state index < -0.39 is 0 Å². The van der Waals surface area contributed by atoms with Crippen molar-refractivity contribution < 1.29 is 9.47 Å². The molecule has 3 aromatic rings. The van der Waals surface area contributed by atoms with Crippen molar-refractivity contribution in [1.82, 2.24) is 15.2 Å². The Kier molecular flexibility index (Phi) is 5.68. The van der Waals surface area contributed by atoms with E-state index >= 15 is 0 Å². The summed E-state index contributed by atoms with van der Waals surface area (Å²) in [5, 5.41) is 6.06. The quantitative estimate of drug-likeness (QED) is 0.610. The molecule has 2 aliphatic heterocycles. The van der Waals surface area contributed by atoms with Gasteiger partial charge in [0.2, 0.25) is 6.79 Å². The Morgan fingerprint density at radius 2 is 1.80 bits per heavy atom. The van der Waals surface area contributed by atoms with Crippen molar-refractivity contribution in [3.05, 3.63) is 60.3 Å². The largest absolute Gasteiger partial charge is 0.454 e. The van der Waals surface area contributed by atoms with Crippen LogP contribution in [0.2, 0.25) is 0 Å². The normalized spacial score (nSPS) is 16.3. The summed E-state index contributed by atoms with van der Waals surface area (Å²) in [6.07, 6.45) is 3.08. The van der Waals surface area contributed by atoms with Gasteiger partial charge < -0.3 is 19.7 Å². The molecule has 0 radical (unpaired) electrons. The number of hydrogen-bond acceptors (Lipinski definition) is 6. The van der Waals surface area contributed by atoms with Gasteiger partial charge in [-0.05, 0) is 48.7 Å². The SMILES string of the molecule is c1ccc2c(N3CCN(CCCNCc4ccc5c(c4)OCO5)CC3)nccc2c1. The lowest BCUT2D eigenvalue weighted by Crippen LogP contribution is -2.47. The predicted molar refractivity (Wildman–Crippen MR) is 119 cm³/mol. The highest BCUT2D eigenvalue weighted by Gasteiger charge is 2.19. The maximum Gasteiger partial charge on any atom is 0.231 e. The summed E-state index contributed by atoms with van der Waals surface area (Å²) < 4.78 is 10.8. The monoisotopic (exact) mass is 404 g/mol. The molecule has 30 heavy (non-hydrogen) atoms. The summed E-state index contributed by atoms with van der Waals surface area (Å²) in [4.78, 5) is 9.66. The van der Waals surface area contributed by atoms with E-state index in [1.54, 1.807) is 0 Å². The van der Waals surface area contributed by atoms with Gasteiger partial charge in [-0.25, -0.2) is 4.98 Å². The van der Waals surface area contributed by atoms with Crippen molar-refractivity contribution in [3.8, 4) is 11.5 Å². The van der Waals surface area contributed by atoms with Crippen LogP contribution in [0, 0.1) is 0 Å². The molecule has 0 aliphatic carbocycles. The van der Waals surface area contributed by atoms with Crippen LogP contribution in [-0.2, 0) is 6.54 Å². The number of anilines is 1. The zero-order valence-corrected chi connectivity index (χ0v) is 17.2. The minimum atomic E-state index is 0.329.